The van der Waals surface area contributed by atoms with Crippen molar-refractivity contribution in [3.05, 3.63) is 66.2 Å². The van der Waals surface area contributed by atoms with Crippen molar-refractivity contribution in [2.45, 2.75) is 23.7 Å². The molecule has 3 nitrogen and oxygen atoms in total. The minimum Gasteiger partial charge on any atom is -0.443 e. The van der Waals surface area contributed by atoms with Crippen molar-refractivity contribution in [1.29, 1.82) is 0 Å². The van der Waals surface area contributed by atoms with Gasteiger partial charge in [0, 0.05) is 18.2 Å². The van der Waals surface area contributed by atoms with Crippen LogP contribution in [-0.4, -0.2) is 17.2 Å². The Morgan fingerprint density at radius 1 is 1.00 bits per heavy atom. The van der Waals surface area contributed by atoms with Crippen molar-refractivity contribution in [2.75, 3.05) is 0 Å². The first-order valence-electron chi connectivity index (χ1n) is 6.61. The minimum atomic E-state index is -0.815. The van der Waals surface area contributed by atoms with Crippen LogP contribution in [0.1, 0.15) is 12.5 Å². The number of ketones is 1. The van der Waals surface area contributed by atoms with E-state index < -0.39 is 11.4 Å². The molecule has 2 aromatic rings. The molecule has 0 N–H and O–H groups in total. The summed E-state index contributed by atoms with van der Waals surface area (Å²) in [4.78, 5) is 24.5. The van der Waals surface area contributed by atoms with Crippen LogP contribution in [0.2, 0.25) is 0 Å². The van der Waals surface area contributed by atoms with Gasteiger partial charge in [-0.05, 0) is 17.7 Å². The molecule has 0 saturated carbocycles. The van der Waals surface area contributed by atoms with Crippen LogP contribution in [0, 0.1) is 0 Å². The van der Waals surface area contributed by atoms with Gasteiger partial charge in [-0.15, -0.1) is 0 Å². The van der Waals surface area contributed by atoms with Gasteiger partial charge in [-0.2, -0.15) is 0 Å². The fraction of sp³-hybridized carbons (Fsp3) is 0.176. The monoisotopic (exact) mass is 300 g/mol. The van der Waals surface area contributed by atoms with Crippen molar-refractivity contribution in [3.63, 3.8) is 0 Å². The van der Waals surface area contributed by atoms with Crippen LogP contribution in [0.4, 0.5) is 0 Å². The molecule has 0 aliphatic heterocycles. The van der Waals surface area contributed by atoms with E-state index in [0.29, 0.717) is 0 Å². The number of Topliss-reactive ketones (excluding diaryl/α,β-unsaturated/α-hetero) is 1. The SMILES string of the molecule is CC(=O)OC(Sc1ccccc1)C(=O)Cc1ccccc1. The molecule has 0 radical (unpaired) electrons. The van der Waals surface area contributed by atoms with Gasteiger partial charge in [-0.25, -0.2) is 0 Å². The fourth-order valence-corrected chi connectivity index (χ4v) is 2.77. The molecular formula is C17H16O3S. The number of hydrogen-bond donors (Lipinski definition) is 0. The molecule has 0 aliphatic rings. The summed E-state index contributed by atoms with van der Waals surface area (Å²) >= 11 is 1.25. The van der Waals surface area contributed by atoms with Crippen LogP contribution in [0.25, 0.3) is 0 Å². The lowest BCUT2D eigenvalue weighted by atomic mass is 10.1. The molecule has 0 aromatic heterocycles. The third-order valence-electron chi connectivity index (χ3n) is 2.74. The summed E-state index contributed by atoms with van der Waals surface area (Å²) in [6.45, 7) is 1.31. The second-order valence-corrected chi connectivity index (χ2v) is 5.64. The van der Waals surface area contributed by atoms with E-state index in [1.165, 1.54) is 18.7 Å². The Labute approximate surface area is 128 Å². The van der Waals surface area contributed by atoms with Crippen LogP contribution in [0.5, 0.6) is 0 Å². The van der Waals surface area contributed by atoms with E-state index in [9.17, 15) is 9.59 Å². The Kier molecular flexibility index (Phi) is 5.58. The predicted molar refractivity (Wildman–Crippen MR) is 83.0 cm³/mol. The van der Waals surface area contributed by atoms with Gasteiger partial charge >= 0.3 is 5.97 Å². The van der Waals surface area contributed by atoms with E-state index in [0.717, 1.165) is 10.5 Å². The van der Waals surface area contributed by atoms with Gasteiger partial charge in [0.05, 0.1) is 0 Å². The maximum absolute atomic E-state index is 12.4. The number of carbonyl (C=O) groups excluding carboxylic acids is 2. The Hall–Kier alpha value is -2.07. The Bertz CT molecular complexity index is 596. The molecule has 1 unspecified atom stereocenters. The van der Waals surface area contributed by atoms with Crippen molar-refractivity contribution in [2.24, 2.45) is 0 Å². The molecular weight excluding hydrogens is 284 g/mol. The number of ether oxygens (including phenoxy) is 1. The highest BCUT2D eigenvalue weighted by Crippen LogP contribution is 2.25. The van der Waals surface area contributed by atoms with Crippen LogP contribution >= 0.6 is 11.8 Å². The molecule has 108 valence electrons. The molecule has 4 heteroatoms. The number of carbonyl (C=O) groups is 2. The first-order chi connectivity index (χ1) is 10.1. The smallest absolute Gasteiger partial charge is 0.304 e. The summed E-state index contributed by atoms with van der Waals surface area (Å²) in [6.07, 6.45) is 0.249. The van der Waals surface area contributed by atoms with E-state index in [4.69, 9.17) is 4.74 Å². The molecule has 0 heterocycles. The number of esters is 1. The topological polar surface area (TPSA) is 43.4 Å². The second kappa shape index (κ2) is 7.64. The highest BCUT2D eigenvalue weighted by atomic mass is 32.2. The normalized spacial score (nSPS) is 11.7. The summed E-state index contributed by atoms with van der Waals surface area (Å²) in [7, 11) is 0. The molecule has 2 rings (SSSR count). The van der Waals surface area contributed by atoms with E-state index in [2.05, 4.69) is 0 Å². The van der Waals surface area contributed by atoms with Gasteiger partial charge in [0.15, 0.2) is 5.78 Å². The summed E-state index contributed by atoms with van der Waals surface area (Å²) in [5.74, 6) is -0.574. The number of hydrogen-bond acceptors (Lipinski definition) is 4. The van der Waals surface area contributed by atoms with Gasteiger partial charge in [-0.3, -0.25) is 9.59 Å². The van der Waals surface area contributed by atoms with E-state index >= 15 is 0 Å². The molecule has 0 aliphatic carbocycles. The highest BCUT2D eigenvalue weighted by molar-refractivity contribution is 8.00. The molecule has 1 atom stereocenters. The number of thioether (sulfide) groups is 1. The Morgan fingerprint density at radius 2 is 1.57 bits per heavy atom. The number of rotatable bonds is 6. The van der Waals surface area contributed by atoms with Gasteiger partial charge < -0.3 is 4.74 Å². The van der Waals surface area contributed by atoms with Crippen molar-refractivity contribution in [1.82, 2.24) is 0 Å². The largest absolute Gasteiger partial charge is 0.443 e. The van der Waals surface area contributed by atoms with E-state index in [1.807, 2.05) is 60.7 Å². The summed E-state index contributed by atoms with van der Waals surface area (Å²) in [6, 6.07) is 18.9. The zero-order valence-corrected chi connectivity index (χ0v) is 12.5. The lowest BCUT2D eigenvalue weighted by Gasteiger charge is -2.15. The fourth-order valence-electron chi connectivity index (χ4n) is 1.81. The standard InChI is InChI=1S/C17H16O3S/c1-13(18)20-17(21-15-10-6-3-7-11-15)16(19)12-14-8-4-2-5-9-14/h2-11,17H,12H2,1H3. The van der Waals surface area contributed by atoms with Crippen LogP contribution in [-0.2, 0) is 20.7 Å². The van der Waals surface area contributed by atoms with Gasteiger partial charge in [0.2, 0.25) is 5.44 Å². The predicted octanol–water partition coefficient (Wildman–Crippen LogP) is 3.48. The summed E-state index contributed by atoms with van der Waals surface area (Å²) in [5.41, 5.74) is 0.0958. The second-order valence-electron chi connectivity index (χ2n) is 4.50. The van der Waals surface area contributed by atoms with Gasteiger partial charge in [0.25, 0.3) is 0 Å². The highest BCUT2D eigenvalue weighted by Gasteiger charge is 2.22. The van der Waals surface area contributed by atoms with Crippen molar-refractivity contribution < 1.29 is 14.3 Å². The summed E-state index contributed by atoms with van der Waals surface area (Å²) < 4.78 is 5.16. The van der Waals surface area contributed by atoms with Gasteiger partial charge in [-0.1, -0.05) is 60.3 Å². The molecule has 2 aromatic carbocycles. The quantitative estimate of drug-likeness (QED) is 0.465. The molecule has 21 heavy (non-hydrogen) atoms. The van der Waals surface area contributed by atoms with E-state index in [-0.39, 0.29) is 12.2 Å². The average Bonchev–Trinajstić information content (AvgIpc) is 2.48. The Morgan fingerprint density at radius 3 is 2.14 bits per heavy atom. The van der Waals surface area contributed by atoms with Crippen molar-refractivity contribution in [3.8, 4) is 0 Å². The molecule has 0 fully saturated rings. The van der Waals surface area contributed by atoms with Crippen molar-refractivity contribution >= 4 is 23.5 Å². The van der Waals surface area contributed by atoms with Crippen LogP contribution in [0.3, 0.4) is 0 Å². The molecule has 0 amide bonds. The maximum atomic E-state index is 12.4. The van der Waals surface area contributed by atoms with Gasteiger partial charge in [0.1, 0.15) is 0 Å². The number of benzene rings is 2. The lowest BCUT2D eigenvalue weighted by molar-refractivity contribution is -0.147. The minimum absolute atomic E-state index is 0.120. The molecule has 0 spiro atoms. The third-order valence-corrected chi connectivity index (χ3v) is 3.86. The first kappa shape index (κ1) is 15.3. The zero-order chi connectivity index (χ0) is 15.1. The van der Waals surface area contributed by atoms with Crippen LogP contribution in [0.15, 0.2) is 65.6 Å². The Balaban J connectivity index is 2.08. The summed E-state index contributed by atoms with van der Waals surface area (Å²) in [5, 5.41) is 0. The zero-order valence-electron chi connectivity index (χ0n) is 11.7. The van der Waals surface area contributed by atoms with Crippen LogP contribution < -0.4 is 0 Å². The molecule has 0 bridgehead atoms. The first-order valence-corrected chi connectivity index (χ1v) is 7.48. The average molecular weight is 300 g/mol. The maximum Gasteiger partial charge on any atom is 0.304 e. The van der Waals surface area contributed by atoms with E-state index in [1.54, 1.807) is 0 Å². The lowest BCUT2D eigenvalue weighted by Crippen LogP contribution is -2.24. The molecule has 0 saturated heterocycles. The third kappa shape index (κ3) is 5.08.